The van der Waals surface area contributed by atoms with Crippen LogP contribution in [0, 0.1) is 5.92 Å². The molecule has 1 aromatic rings. The maximum absolute atomic E-state index is 11.8. The number of rotatable bonds is 7. The molecule has 5 heteroatoms. The zero-order chi connectivity index (χ0) is 15.2. The standard InChI is InChI=1S/C16H25NO4/c1-12(2)11-21-16(19)10-17-7-3-5-13(17)9-14(18)15-6-4-8-20-15/h4,6,8,12-14,18H,3,5,7,9-11H2,1-2H3. The first-order valence-corrected chi connectivity index (χ1v) is 7.67. The van der Waals surface area contributed by atoms with Crippen molar-refractivity contribution in [2.75, 3.05) is 19.7 Å². The third-order valence-electron chi connectivity index (χ3n) is 3.78. The maximum Gasteiger partial charge on any atom is 0.320 e. The molecule has 1 aromatic heterocycles. The van der Waals surface area contributed by atoms with E-state index in [4.69, 9.17) is 9.15 Å². The van der Waals surface area contributed by atoms with Crippen molar-refractivity contribution in [3.05, 3.63) is 24.2 Å². The highest BCUT2D eigenvalue weighted by Crippen LogP contribution is 2.27. The lowest BCUT2D eigenvalue weighted by molar-refractivity contribution is -0.146. The molecule has 118 valence electrons. The van der Waals surface area contributed by atoms with Crippen molar-refractivity contribution in [1.29, 1.82) is 0 Å². The molecule has 1 N–H and O–H groups in total. The Morgan fingerprint density at radius 1 is 1.57 bits per heavy atom. The molecule has 0 bridgehead atoms. The summed E-state index contributed by atoms with van der Waals surface area (Å²) in [6.45, 7) is 5.69. The number of esters is 1. The summed E-state index contributed by atoms with van der Waals surface area (Å²) < 4.78 is 10.5. The number of aliphatic hydroxyl groups excluding tert-OH is 1. The van der Waals surface area contributed by atoms with E-state index in [0.717, 1.165) is 19.4 Å². The monoisotopic (exact) mass is 295 g/mol. The summed E-state index contributed by atoms with van der Waals surface area (Å²) in [5.74, 6) is 0.761. The third kappa shape index (κ3) is 4.86. The van der Waals surface area contributed by atoms with Gasteiger partial charge in [0.1, 0.15) is 11.9 Å². The molecule has 0 radical (unpaired) electrons. The van der Waals surface area contributed by atoms with Gasteiger partial charge in [-0.1, -0.05) is 13.8 Å². The second-order valence-electron chi connectivity index (χ2n) is 6.11. The largest absolute Gasteiger partial charge is 0.467 e. The molecule has 0 spiro atoms. The number of aliphatic hydroxyl groups is 1. The summed E-state index contributed by atoms with van der Waals surface area (Å²) in [7, 11) is 0. The van der Waals surface area contributed by atoms with Crippen LogP contribution in [0.25, 0.3) is 0 Å². The summed E-state index contributed by atoms with van der Waals surface area (Å²) in [5.41, 5.74) is 0. The van der Waals surface area contributed by atoms with Crippen molar-refractivity contribution >= 4 is 5.97 Å². The Morgan fingerprint density at radius 3 is 3.05 bits per heavy atom. The molecule has 1 aliphatic rings. The van der Waals surface area contributed by atoms with Crippen LogP contribution in [0.4, 0.5) is 0 Å². The third-order valence-corrected chi connectivity index (χ3v) is 3.78. The van der Waals surface area contributed by atoms with E-state index in [1.54, 1.807) is 18.4 Å². The smallest absolute Gasteiger partial charge is 0.320 e. The van der Waals surface area contributed by atoms with Gasteiger partial charge in [0, 0.05) is 6.04 Å². The highest BCUT2D eigenvalue weighted by Gasteiger charge is 2.29. The average molecular weight is 295 g/mol. The second kappa shape index (κ2) is 7.61. The van der Waals surface area contributed by atoms with Gasteiger partial charge in [0.05, 0.1) is 19.4 Å². The summed E-state index contributed by atoms with van der Waals surface area (Å²) in [5, 5.41) is 10.2. The lowest BCUT2D eigenvalue weighted by Gasteiger charge is -2.25. The van der Waals surface area contributed by atoms with Gasteiger partial charge in [-0.3, -0.25) is 9.69 Å². The van der Waals surface area contributed by atoms with Crippen LogP contribution in [0.3, 0.4) is 0 Å². The Morgan fingerprint density at radius 2 is 2.38 bits per heavy atom. The van der Waals surface area contributed by atoms with Gasteiger partial charge >= 0.3 is 5.97 Å². The second-order valence-corrected chi connectivity index (χ2v) is 6.11. The minimum absolute atomic E-state index is 0.178. The molecular weight excluding hydrogens is 270 g/mol. The minimum Gasteiger partial charge on any atom is -0.467 e. The van der Waals surface area contributed by atoms with Gasteiger partial charge in [0.25, 0.3) is 0 Å². The van der Waals surface area contributed by atoms with Crippen molar-refractivity contribution in [2.24, 2.45) is 5.92 Å². The van der Waals surface area contributed by atoms with E-state index in [1.807, 2.05) is 13.8 Å². The lowest BCUT2D eigenvalue weighted by atomic mass is 10.1. The number of ether oxygens (including phenoxy) is 1. The van der Waals surface area contributed by atoms with Crippen LogP contribution in [-0.4, -0.2) is 41.7 Å². The Kier molecular flexibility index (Phi) is 5.82. The van der Waals surface area contributed by atoms with Gasteiger partial charge in [0.2, 0.25) is 0 Å². The number of nitrogens with zero attached hydrogens (tertiary/aromatic N) is 1. The summed E-state index contributed by atoms with van der Waals surface area (Å²) in [4.78, 5) is 13.9. The van der Waals surface area contributed by atoms with Crippen molar-refractivity contribution in [3.8, 4) is 0 Å². The molecule has 0 saturated carbocycles. The molecule has 2 unspecified atom stereocenters. The Bertz CT molecular complexity index is 429. The number of hydrogen-bond donors (Lipinski definition) is 1. The predicted octanol–water partition coefficient (Wildman–Crippen LogP) is 2.37. The maximum atomic E-state index is 11.8. The van der Waals surface area contributed by atoms with Crippen LogP contribution < -0.4 is 0 Å². The highest BCUT2D eigenvalue weighted by molar-refractivity contribution is 5.71. The number of furan rings is 1. The van der Waals surface area contributed by atoms with Crippen LogP contribution >= 0.6 is 0 Å². The molecule has 21 heavy (non-hydrogen) atoms. The lowest BCUT2D eigenvalue weighted by Crippen LogP contribution is -2.36. The number of carbonyl (C=O) groups is 1. The molecule has 2 rings (SSSR count). The zero-order valence-electron chi connectivity index (χ0n) is 12.8. The predicted molar refractivity (Wildman–Crippen MR) is 78.7 cm³/mol. The van der Waals surface area contributed by atoms with E-state index in [2.05, 4.69) is 4.90 Å². The van der Waals surface area contributed by atoms with Crippen LogP contribution in [0.5, 0.6) is 0 Å². The summed E-state index contributed by atoms with van der Waals surface area (Å²) >= 11 is 0. The van der Waals surface area contributed by atoms with Crippen molar-refractivity contribution in [1.82, 2.24) is 4.90 Å². The van der Waals surface area contributed by atoms with E-state index in [-0.39, 0.29) is 12.0 Å². The van der Waals surface area contributed by atoms with E-state index in [1.165, 1.54) is 0 Å². The Balaban J connectivity index is 1.81. The molecular formula is C16H25NO4. The Labute approximate surface area is 125 Å². The van der Waals surface area contributed by atoms with E-state index < -0.39 is 6.10 Å². The first-order valence-electron chi connectivity index (χ1n) is 7.67. The number of likely N-dealkylation sites (tertiary alicyclic amines) is 1. The average Bonchev–Trinajstić information content (AvgIpc) is 3.08. The Hall–Kier alpha value is -1.33. The number of hydrogen-bond acceptors (Lipinski definition) is 5. The fraction of sp³-hybridized carbons (Fsp3) is 0.688. The summed E-state index contributed by atoms with van der Waals surface area (Å²) in [6, 6.07) is 3.76. The first kappa shape index (κ1) is 16.0. The molecule has 1 fully saturated rings. The van der Waals surface area contributed by atoms with Crippen molar-refractivity contribution in [3.63, 3.8) is 0 Å². The first-order chi connectivity index (χ1) is 10.1. The van der Waals surface area contributed by atoms with E-state index in [0.29, 0.717) is 31.3 Å². The van der Waals surface area contributed by atoms with Gasteiger partial charge in [0.15, 0.2) is 0 Å². The van der Waals surface area contributed by atoms with Gasteiger partial charge in [-0.15, -0.1) is 0 Å². The van der Waals surface area contributed by atoms with Gasteiger partial charge in [-0.05, 0) is 43.9 Å². The molecule has 2 heterocycles. The normalized spacial score (nSPS) is 20.9. The van der Waals surface area contributed by atoms with Crippen molar-refractivity contribution in [2.45, 2.75) is 45.3 Å². The topological polar surface area (TPSA) is 62.9 Å². The highest BCUT2D eigenvalue weighted by atomic mass is 16.5. The zero-order valence-corrected chi connectivity index (χ0v) is 12.8. The molecule has 1 aliphatic heterocycles. The van der Waals surface area contributed by atoms with Gasteiger partial charge in [-0.2, -0.15) is 0 Å². The van der Waals surface area contributed by atoms with E-state index >= 15 is 0 Å². The quantitative estimate of drug-likeness (QED) is 0.782. The molecule has 1 saturated heterocycles. The van der Waals surface area contributed by atoms with Crippen LogP contribution in [0.2, 0.25) is 0 Å². The molecule has 0 amide bonds. The summed E-state index contributed by atoms with van der Waals surface area (Å²) in [6.07, 6.45) is 3.58. The van der Waals surface area contributed by atoms with Crippen LogP contribution in [0.15, 0.2) is 22.8 Å². The number of carbonyl (C=O) groups excluding carboxylic acids is 1. The van der Waals surface area contributed by atoms with E-state index in [9.17, 15) is 9.90 Å². The molecule has 0 aromatic carbocycles. The minimum atomic E-state index is -0.614. The SMILES string of the molecule is CC(C)COC(=O)CN1CCCC1CC(O)c1ccco1. The fourth-order valence-electron chi connectivity index (χ4n) is 2.70. The van der Waals surface area contributed by atoms with Crippen LogP contribution in [-0.2, 0) is 9.53 Å². The molecule has 5 nitrogen and oxygen atoms in total. The van der Waals surface area contributed by atoms with Gasteiger partial charge < -0.3 is 14.3 Å². The fourth-order valence-corrected chi connectivity index (χ4v) is 2.70. The van der Waals surface area contributed by atoms with Crippen molar-refractivity contribution < 1.29 is 19.1 Å². The molecule has 0 aliphatic carbocycles. The molecule has 2 atom stereocenters. The van der Waals surface area contributed by atoms with Crippen LogP contribution in [0.1, 0.15) is 45.0 Å². The van der Waals surface area contributed by atoms with Gasteiger partial charge in [-0.25, -0.2) is 0 Å².